The first kappa shape index (κ1) is 13.6. The number of ether oxygens (including phenoxy) is 2. The summed E-state index contributed by atoms with van der Waals surface area (Å²) in [7, 11) is 1.64. The Morgan fingerprint density at radius 2 is 1.84 bits per heavy atom. The van der Waals surface area contributed by atoms with Crippen LogP contribution in [-0.4, -0.2) is 7.11 Å². The largest absolute Gasteiger partial charge is 0.496 e. The summed E-state index contributed by atoms with van der Waals surface area (Å²) in [5.74, 6) is 1.41. The lowest BCUT2D eigenvalue weighted by Crippen LogP contribution is -2.00. The molecule has 0 fully saturated rings. The first-order chi connectivity index (χ1) is 9.10. The lowest BCUT2D eigenvalue weighted by atomic mass is 10.1. The summed E-state index contributed by atoms with van der Waals surface area (Å²) >= 11 is 6.06. The average molecular weight is 278 g/mol. The van der Waals surface area contributed by atoms with Crippen LogP contribution in [0.25, 0.3) is 0 Å². The third-order valence-corrected chi connectivity index (χ3v) is 3.07. The molecule has 0 heterocycles. The van der Waals surface area contributed by atoms with Gasteiger partial charge in [0.25, 0.3) is 0 Å². The van der Waals surface area contributed by atoms with Crippen LogP contribution in [-0.2, 0) is 6.61 Å². The van der Waals surface area contributed by atoms with E-state index in [-0.39, 0.29) is 0 Å². The van der Waals surface area contributed by atoms with Gasteiger partial charge in [-0.15, -0.1) is 0 Å². The minimum atomic E-state index is 0.397. The molecule has 2 N–H and O–H groups in total. The first-order valence-corrected chi connectivity index (χ1v) is 6.29. The highest BCUT2D eigenvalue weighted by Crippen LogP contribution is 2.28. The van der Waals surface area contributed by atoms with Gasteiger partial charge in [-0.05, 0) is 37.3 Å². The number of methoxy groups -OCH3 is 1. The summed E-state index contributed by atoms with van der Waals surface area (Å²) in [5, 5.41) is 0.506. The van der Waals surface area contributed by atoms with Crippen LogP contribution in [0.1, 0.15) is 11.1 Å². The zero-order valence-corrected chi connectivity index (χ0v) is 11.7. The Morgan fingerprint density at radius 1 is 1.11 bits per heavy atom. The molecule has 2 aromatic carbocycles. The highest BCUT2D eigenvalue weighted by Gasteiger charge is 2.06. The molecule has 0 unspecified atom stereocenters. The van der Waals surface area contributed by atoms with E-state index in [4.69, 9.17) is 26.8 Å². The van der Waals surface area contributed by atoms with Crippen molar-refractivity contribution in [3.05, 3.63) is 52.5 Å². The van der Waals surface area contributed by atoms with E-state index in [0.29, 0.717) is 23.1 Å². The SMILES string of the molecule is COc1ccc(C)cc1COc1ccc(N)cc1Cl. The van der Waals surface area contributed by atoms with Gasteiger partial charge < -0.3 is 15.2 Å². The summed E-state index contributed by atoms with van der Waals surface area (Å²) in [6, 6.07) is 11.2. The maximum Gasteiger partial charge on any atom is 0.138 e. The molecule has 0 amide bonds. The van der Waals surface area contributed by atoms with Crippen LogP contribution >= 0.6 is 11.6 Å². The maximum atomic E-state index is 6.06. The van der Waals surface area contributed by atoms with E-state index in [0.717, 1.165) is 16.9 Å². The Labute approximate surface area is 117 Å². The van der Waals surface area contributed by atoms with E-state index in [1.165, 1.54) is 0 Å². The second-order valence-electron chi connectivity index (χ2n) is 4.29. The van der Waals surface area contributed by atoms with Crippen molar-refractivity contribution in [1.82, 2.24) is 0 Å². The van der Waals surface area contributed by atoms with Gasteiger partial charge in [0.15, 0.2) is 0 Å². The predicted molar refractivity (Wildman–Crippen MR) is 77.9 cm³/mol. The molecule has 3 nitrogen and oxygen atoms in total. The molecule has 2 rings (SSSR count). The second-order valence-corrected chi connectivity index (χ2v) is 4.70. The number of halogens is 1. The molecule has 0 aliphatic rings. The van der Waals surface area contributed by atoms with Crippen molar-refractivity contribution in [2.45, 2.75) is 13.5 Å². The molecular weight excluding hydrogens is 262 g/mol. The van der Waals surface area contributed by atoms with Crippen LogP contribution in [0.15, 0.2) is 36.4 Å². The molecule has 0 aliphatic heterocycles. The summed E-state index contributed by atoms with van der Waals surface area (Å²) in [5.41, 5.74) is 8.39. The topological polar surface area (TPSA) is 44.5 Å². The predicted octanol–water partition coefficient (Wildman–Crippen LogP) is 3.82. The first-order valence-electron chi connectivity index (χ1n) is 5.91. The fourth-order valence-corrected chi connectivity index (χ4v) is 2.05. The van der Waals surface area contributed by atoms with Gasteiger partial charge in [0.1, 0.15) is 18.1 Å². The fraction of sp³-hybridized carbons (Fsp3) is 0.200. The Bertz CT molecular complexity index is 584. The monoisotopic (exact) mass is 277 g/mol. The Kier molecular flexibility index (Phi) is 4.17. The number of anilines is 1. The van der Waals surface area contributed by atoms with Gasteiger partial charge in [0.2, 0.25) is 0 Å². The quantitative estimate of drug-likeness (QED) is 0.864. The number of nitrogen functional groups attached to an aromatic ring is 1. The molecule has 0 aliphatic carbocycles. The van der Waals surface area contributed by atoms with Crippen molar-refractivity contribution in [1.29, 1.82) is 0 Å². The number of rotatable bonds is 4. The lowest BCUT2D eigenvalue weighted by Gasteiger charge is -2.12. The molecule has 0 bridgehead atoms. The Morgan fingerprint density at radius 3 is 2.53 bits per heavy atom. The zero-order chi connectivity index (χ0) is 13.8. The van der Waals surface area contributed by atoms with Crippen molar-refractivity contribution in [3.63, 3.8) is 0 Å². The van der Waals surface area contributed by atoms with Gasteiger partial charge in [0, 0.05) is 11.3 Å². The number of hydrogen-bond donors (Lipinski definition) is 1. The van der Waals surface area contributed by atoms with Gasteiger partial charge in [-0.1, -0.05) is 23.2 Å². The highest BCUT2D eigenvalue weighted by molar-refractivity contribution is 6.32. The van der Waals surface area contributed by atoms with Gasteiger partial charge >= 0.3 is 0 Å². The molecule has 2 aromatic rings. The van der Waals surface area contributed by atoms with Crippen LogP contribution in [0.2, 0.25) is 5.02 Å². The molecule has 19 heavy (non-hydrogen) atoms. The zero-order valence-electron chi connectivity index (χ0n) is 10.9. The standard InChI is InChI=1S/C15H16ClNO2/c1-10-3-5-14(18-2)11(7-10)9-19-15-6-4-12(17)8-13(15)16/h3-8H,9,17H2,1-2H3. The molecule has 0 radical (unpaired) electrons. The highest BCUT2D eigenvalue weighted by atomic mass is 35.5. The van der Waals surface area contributed by atoms with Crippen LogP contribution < -0.4 is 15.2 Å². The van der Waals surface area contributed by atoms with Crippen molar-refractivity contribution in [3.8, 4) is 11.5 Å². The fourth-order valence-electron chi connectivity index (χ4n) is 1.81. The number of benzene rings is 2. The van der Waals surface area contributed by atoms with E-state index in [1.807, 2.05) is 25.1 Å². The molecule has 0 saturated carbocycles. The third-order valence-electron chi connectivity index (χ3n) is 2.78. The average Bonchev–Trinajstić information content (AvgIpc) is 2.38. The van der Waals surface area contributed by atoms with Gasteiger partial charge in [0.05, 0.1) is 12.1 Å². The lowest BCUT2D eigenvalue weighted by molar-refractivity contribution is 0.297. The van der Waals surface area contributed by atoms with Crippen LogP contribution in [0.5, 0.6) is 11.5 Å². The molecule has 4 heteroatoms. The van der Waals surface area contributed by atoms with Gasteiger partial charge in [-0.3, -0.25) is 0 Å². The molecule has 0 aromatic heterocycles. The smallest absolute Gasteiger partial charge is 0.138 e. The Hall–Kier alpha value is -1.87. The number of nitrogens with two attached hydrogens (primary N) is 1. The maximum absolute atomic E-state index is 6.06. The number of aryl methyl sites for hydroxylation is 1. The molecule has 0 saturated heterocycles. The van der Waals surface area contributed by atoms with Crippen LogP contribution in [0.4, 0.5) is 5.69 Å². The third kappa shape index (κ3) is 3.32. The summed E-state index contributed by atoms with van der Waals surface area (Å²) in [4.78, 5) is 0. The van der Waals surface area contributed by atoms with E-state index in [2.05, 4.69) is 0 Å². The number of hydrogen-bond acceptors (Lipinski definition) is 3. The van der Waals surface area contributed by atoms with E-state index in [1.54, 1.807) is 25.3 Å². The van der Waals surface area contributed by atoms with Gasteiger partial charge in [-0.2, -0.15) is 0 Å². The minimum absolute atomic E-state index is 0.397. The van der Waals surface area contributed by atoms with Crippen LogP contribution in [0, 0.1) is 6.92 Å². The second kappa shape index (κ2) is 5.85. The van der Waals surface area contributed by atoms with E-state index >= 15 is 0 Å². The molecule has 0 atom stereocenters. The Balaban J connectivity index is 2.16. The molecule has 0 spiro atoms. The minimum Gasteiger partial charge on any atom is -0.496 e. The van der Waals surface area contributed by atoms with Crippen LogP contribution in [0.3, 0.4) is 0 Å². The molecular formula is C15H16ClNO2. The summed E-state index contributed by atoms with van der Waals surface area (Å²) in [6.45, 7) is 2.42. The van der Waals surface area contributed by atoms with Crippen molar-refractivity contribution >= 4 is 17.3 Å². The summed E-state index contributed by atoms with van der Waals surface area (Å²) in [6.07, 6.45) is 0. The van der Waals surface area contributed by atoms with Crippen molar-refractivity contribution < 1.29 is 9.47 Å². The van der Waals surface area contributed by atoms with Gasteiger partial charge in [-0.25, -0.2) is 0 Å². The van der Waals surface area contributed by atoms with Crippen molar-refractivity contribution in [2.75, 3.05) is 12.8 Å². The normalized spacial score (nSPS) is 10.3. The van der Waals surface area contributed by atoms with E-state index in [9.17, 15) is 0 Å². The van der Waals surface area contributed by atoms with Crippen molar-refractivity contribution in [2.24, 2.45) is 0 Å². The summed E-state index contributed by atoms with van der Waals surface area (Å²) < 4.78 is 11.0. The van der Waals surface area contributed by atoms with E-state index < -0.39 is 0 Å². The molecule has 100 valence electrons.